The molecule has 0 amide bonds. The van der Waals surface area contributed by atoms with Gasteiger partial charge in [-0.1, -0.05) is 13.8 Å². The van der Waals surface area contributed by atoms with Crippen molar-refractivity contribution in [1.82, 2.24) is 4.90 Å². The summed E-state index contributed by atoms with van der Waals surface area (Å²) < 4.78 is 6.08. The van der Waals surface area contributed by atoms with E-state index in [1.807, 2.05) is 0 Å². The van der Waals surface area contributed by atoms with Crippen LogP contribution in [-0.2, 0) is 4.74 Å². The van der Waals surface area contributed by atoms with Crippen molar-refractivity contribution < 1.29 is 4.74 Å². The zero-order chi connectivity index (χ0) is 13.3. The fraction of sp³-hybridized carbons (Fsp3) is 1.00. The number of morpholine rings is 1. The monoisotopic (exact) mass is 242 g/mol. The van der Waals surface area contributed by atoms with Gasteiger partial charge in [0.1, 0.15) is 0 Å². The zero-order valence-corrected chi connectivity index (χ0v) is 12.5. The molecule has 0 spiro atoms. The summed E-state index contributed by atoms with van der Waals surface area (Å²) in [7, 11) is 0. The van der Waals surface area contributed by atoms with E-state index >= 15 is 0 Å². The van der Waals surface area contributed by atoms with E-state index in [9.17, 15) is 0 Å². The van der Waals surface area contributed by atoms with Gasteiger partial charge in [-0.25, -0.2) is 0 Å². The van der Waals surface area contributed by atoms with Gasteiger partial charge in [0.25, 0.3) is 0 Å². The molecule has 0 aromatic heterocycles. The van der Waals surface area contributed by atoms with Crippen LogP contribution in [0.15, 0.2) is 0 Å². The minimum Gasteiger partial charge on any atom is -0.367 e. The van der Waals surface area contributed by atoms with Crippen LogP contribution in [0.25, 0.3) is 0 Å². The molecule has 0 bridgehead atoms. The number of hydrogen-bond acceptors (Lipinski definition) is 3. The van der Waals surface area contributed by atoms with Gasteiger partial charge in [-0.05, 0) is 52.6 Å². The van der Waals surface area contributed by atoms with Crippen LogP contribution in [-0.4, -0.2) is 42.3 Å². The predicted molar refractivity (Wildman–Crippen MR) is 73.1 cm³/mol. The third kappa shape index (κ3) is 4.94. The minimum atomic E-state index is -0.0470. The lowest BCUT2D eigenvalue weighted by atomic mass is 9.88. The number of rotatable bonds is 4. The van der Waals surface area contributed by atoms with Gasteiger partial charge >= 0.3 is 0 Å². The highest BCUT2D eigenvalue weighted by Gasteiger charge is 2.38. The molecule has 1 fully saturated rings. The third-order valence-corrected chi connectivity index (χ3v) is 3.42. The molecule has 0 radical (unpaired) electrons. The van der Waals surface area contributed by atoms with Crippen LogP contribution in [0, 0.1) is 5.41 Å². The fourth-order valence-electron chi connectivity index (χ4n) is 2.67. The molecule has 0 unspecified atom stereocenters. The summed E-state index contributed by atoms with van der Waals surface area (Å²) in [5.41, 5.74) is 5.93. The van der Waals surface area contributed by atoms with Gasteiger partial charge < -0.3 is 10.5 Å². The summed E-state index contributed by atoms with van der Waals surface area (Å²) in [6.07, 6.45) is 1.15. The third-order valence-electron chi connectivity index (χ3n) is 3.42. The molecule has 0 aromatic carbocycles. The largest absolute Gasteiger partial charge is 0.367 e. The molecule has 2 N–H and O–H groups in total. The van der Waals surface area contributed by atoms with Crippen LogP contribution in [0.2, 0.25) is 0 Å². The number of ether oxygens (including phenoxy) is 1. The Morgan fingerprint density at radius 3 is 2.00 bits per heavy atom. The van der Waals surface area contributed by atoms with Gasteiger partial charge in [0, 0.05) is 13.1 Å². The van der Waals surface area contributed by atoms with Crippen LogP contribution < -0.4 is 5.73 Å². The van der Waals surface area contributed by atoms with E-state index in [2.05, 4.69) is 46.4 Å². The second kappa shape index (κ2) is 4.87. The molecule has 1 saturated heterocycles. The Morgan fingerprint density at radius 1 is 1.12 bits per heavy atom. The molecule has 1 aliphatic rings. The lowest BCUT2D eigenvalue weighted by molar-refractivity contribution is -0.181. The Bertz CT molecular complexity index is 243. The van der Waals surface area contributed by atoms with Gasteiger partial charge in [-0.3, -0.25) is 4.90 Å². The molecular weight excluding hydrogens is 212 g/mol. The first kappa shape index (κ1) is 14.9. The van der Waals surface area contributed by atoms with Crippen LogP contribution in [0.1, 0.15) is 48.0 Å². The first-order valence-electron chi connectivity index (χ1n) is 6.68. The highest BCUT2D eigenvalue weighted by atomic mass is 16.5. The molecule has 1 aliphatic heterocycles. The maximum Gasteiger partial charge on any atom is 0.0760 e. The van der Waals surface area contributed by atoms with Crippen molar-refractivity contribution in [3.63, 3.8) is 0 Å². The molecule has 1 rings (SSSR count). The molecule has 0 atom stereocenters. The smallest absolute Gasteiger partial charge is 0.0760 e. The summed E-state index contributed by atoms with van der Waals surface area (Å²) in [4.78, 5) is 2.51. The van der Waals surface area contributed by atoms with Crippen molar-refractivity contribution in [3.8, 4) is 0 Å². The van der Waals surface area contributed by atoms with Crippen LogP contribution in [0.3, 0.4) is 0 Å². The van der Waals surface area contributed by atoms with Crippen molar-refractivity contribution in [3.05, 3.63) is 0 Å². The molecule has 0 aromatic rings. The standard InChI is InChI=1S/C14H30N2O/c1-12(2,9-15)7-8-16-10-13(3,4)17-14(5,6)11-16/h7-11,15H2,1-6H3. The van der Waals surface area contributed by atoms with Crippen molar-refractivity contribution in [1.29, 1.82) is 0 Å². The van der Waals surface area contributed by atoms with Gasteiger partial charge in [-0.15, -0.1) is 0 Å². The van der Waals surface area contributed by atoms with Crippen molar-refractivity contribution >= 4 is 0 Å². The second-order valence-corrected chi connectivity index (χ2v) is 7.45. The van der Waals surface area contributed by atoms with E-state index in [0.717, 1.165) is 32.6 Å². The fourth-order valence-corrected chi connectivity index (χ4v) is 2.67. The van der Waals surface area contributed by atoms with Crippen LogP contribution in [0.4, 0.5) is 0 Å². The van der Waals surface area contributed by atoms with E-state index < -0.39 is 0 Å². The van der Waals surface area contributed by atoms with Crippen molar-refractivity contribution in [2.75, 3.05) is 26.2 Å². The Morgan fingerprint density at radius 2 is 1.59 bits per heavy atom. The number of nitrogens with two attached hydrogens (primary N) is 1. The summed E-state index contributed by atoms with van der Waals surface area (Å²) in [5.74, 6) is 0. The van der Waals surface area contributed by atoms with Crippen molar-refractivity contribution in [2.24, 2.45) is 11.1 Å². The zero-order valence-electron chi connectivity index (χ0n) is 12.5. The highest BCUT2D eigenvalue weighted by molar-refractivity contribution is 4.89. The summed E-state index contributed by atoms with van der Waals surface area (Å²) in [5, 5.41) is 0. The Kier molecular flexibility index (Phi) is 4.28. The maximum atomic E-state index is 6.08. The lowest BCUT2D eigenvalue weighted by Gasteiger charge is -2.47. The van der Waals surface area contributed by atoms with Gasteiger partial charge in [0.05, 0.1) is 11.2 Å². The van der Waals surface area contributed by atoms with E-state index in [0.29, 0.717) is 0 Å². The average molecular weight is 242 g/mol. The summed E-state index contributed by atoms with van der Waals surface area (Å²) in [6.45, 7) is 17.1. The first-order chi connectivity index (χ1) is 7.55. The maximum absolute atomic E-state index is 6.08. The number of hydrogen-bond donors (Lipinski definition) is 1. The summed E-state index contributed by atoms with van der Waals surface area (Å²) in [6, 6.07) is 0. The average Bonchev–Trinajstić information content (AvgIpc) is 2.10. The second-order valence-electron chi connectivity index (χ2n) is 7.45. The van der Waals surface area contributed by atoms with E-state index in [1.165, 1.54) is 0 Å². The predicted octanol–water partition coefficient (Wildman–Crippen LogP) is 2.25. The van der Waals surface area contributed by atoms with Gasteiger partial charge in [0.2, 0.25) is 0 Å². The van der Waals surface area contributed by atoms with Crippen LogP contribution in [0.5, 0.6) is 0 Å². The van der Waals surface area contributed by atoms with Crippen molar-refractivity contribution in [2.45, 2.75) is 59.2 Å². The molecule has 17 heavy (non-hydrogen) atoms. The lowest BCUT2D eigenvalue weighted by Crippen LogP contribution is -2.57. The Balaban J connectivity index is 2.54. The van der Waals surface area contributed by atoms with E-state index in [4.69, 9.17) is 10.5 Å². The Hall–Kier alpha value is -0.120. The van der Waals surface area contributed by atoms with E-state index in [-0.39, 0.29) is 16.6 Å². The molecule has 3 nitrogen and oxygen atoms in total. The SMILES string of the molecule is CC(C)(CN)CCN1CC(C)(C)OC(C)(C)C1. The van der Waals surface area contributed by atoms with E-state index in [1.54, 1.807) is 0 Å². The molecule has 0 aliphatic carbocycles. The quantitative estimate of drug-likeness (QED) is 0.822. The molecule has 102 valence electrons. The first-order valence-corrected chi connectivity index (χ1v) is 6.68. The molecule has 0 saturated carbocycles. The molecule has 1 heterocycles. The normalized spacial score (nSPS) is 24.9. The molecule has 3 heteroatoms. The van der Waals surface area contributed by atoms with Crippen LogP contribution >= 0.6 is 0 Å². The highest BCUT2D eigenvalue weighted by Crippen LogP contribution is 2.29. The van der Waals surface area contributed by atoms with Gasteiger partial charge in [0.15, 0.2) is 0 Å². The number of nitrogens with zero attached hydrogens (tertiary/aromatic N) is 1. The van der Waals surface area contributed by atoms with Gasteiger partial charge in [-0.2, -0.15) is 0 Å². The topological polar surface area (TPSA) is 38.5 Å². The molecular formula is C14H30N2O. The summed E-state index contributed by atoms with van der Waals surface area (Å²) >= 11 is 0. The minimum absolute atomic E-state index is 0.0470. The Labute approximate surface area is 107 Å².